The Balaban J connectivity index is 0.000000138. The summed E-state index contributed by atoms with van der Waals surface area (Å²) in [5, 5.41) is 0. The van der Waals surface area contributed by atoms with Crippen LogP contribution in [0.25, 0.3) is 67.2 Å². The second-order valence-corrected chi connectivity index (χ2v) is 27.5. The van der Waals surface area contributed by atoms with Gasteiger partial charge in [0.2, 0.25) is 17.1 Å². The summed E-state index contributed by atoms with van der Waals surface area (Å²) in [6.07, 6.45) is 19.6. The van der Waals surface area contributed by atoms with Gasteiger partial charge in [-0.25, -0.2) is 13.7 Å². The second-order valence-electron chi connectivity index (χ2n) is 27.5. The minimum Gasteiger partial charge on any atom is -0.200 e. The summed E-state index contributed by atoms with van der Waals surface area (Å²) in [5.74, 6) is 4.31. The first-order chi connectivity index (χ1) is 42.3. The number of rotatable bonds is 10. The summed E-state index contributed by atoms with van der Waals surface area (Å²) in [7, 11) is 6.36. The van der Waals surface area contributed by atoms with E-state index in [9.17, 15) is 0 Å². The molecule has 0 saturated heterocycles. The van der Waals surface area contributed by atoms with Gasteiger partial charge in [-0.3, -0.25) is 0 Å². The van der Waals surface area contributed by atoms with Crippen molar-refractivity contribution in [3.05, 3.63) is 234 Å². The number of fused-ring (bicyclic) bond motifs is 6. The Morgan fingerprint density at radius 3 is 1.15 bits per heavy atom. The fourth-order valence-electron chi connectivity index (χ4n) is 16.9. The fourth-order valence-corrected chi connectivity index (χ4v) is 16.9. The van der Waals surface area contributed by atoms with Gasteiger partial charge >= 0.3 is 0 Å². The lowest BCUT2D eigenvalue weighted by molar-refractivity contribution is -0.660. The van der Waals surface area contributed by atoms with Crippen LogP contribution < -0.4 is 13.7 Å². The fraction of sp³-hybridized carbons (Fsp3) is 0.393. The molecule has 6 aromatic carbocycles. The smallest absolute Gasteiger partial charge is 0.200 e. The van der Waals surface area contributed by atoms with Gasteiger partial charge in [0.15, 0.2) is 18.6 Å². The van der Waals surface area contributed by atoms with Gasteiger partial charge in [-0.05, 0) is 230 Å². The van der Waals surface area contributed by atoms with E-state index < -0.39 is 6.37 Å². The molecule has 3 aromatic heterocycles. The third-order valence-electron chi connectivity index (χ3n) is 22.5. The maximum atomic E-state index is 9.14. The Morgan fingerprint density at radius 2 is 0.793 bits per heavy atom. The Kier molecular flexibility index (Phi) is 16.8. The molecule has 87 heavy (non-hydrogen) atoms. The highest BCUT2D eigenvalue weighted by atomic mass is 14.9. The van der Waals surface area contributed by atoms with Crippen molar-refractivity contribution in [2.45, 2.75) is 145 Å². The second kappa shape index (κ2) is 25.5. The van der Waals surface area contributed by atoms with Gasteiger partial charge in [-0.1, -0.05) is 176 Å². The van der Waals surface area contributed by atoms with Crippen molar-refractivity contribution in [1.82, 2.24) is 0 Å². The standard InChI is InChI=1S/C30H36N.2C26H28N.2CH4/c1-21-8-6-7-9-27(21)28-15-14-24(20-31(28)5)23-12-10-22(11-13-23)18-26-19-25-16-17-30(26,4)29(25,2)3;2*1-18-6-3-4-9-24(18)25-15-14-23(17-27(25)2)19-10-12-20(13-11-19)26-21-7-5-8-22(26)16-21;;/h6-15,20,25-26H,16-19H2,1-5H3;2*3-4,6,9-15,17,21-22,26H,5,7-8,16H2,1-2H3;2*1H4/q3*+1;;/i18D2;26D;;;. The lowest BCUT2D eigenvalue weighted by Gasteiger charge is -2.50. The first-order valence-electron chi connectivity index (χ1n) is 33.8. The van der Waals surface area contributed by atoms with Crippen molar-refractivity contribution < 1.29 is 17.8 Å². The van der Waals surface area contributed by atoms with Gasteiger partial charge in [0.1, 0.15) is 21.1 Å². The van der Waals surface area contributed by atoms with Crippen LogP contribution in [0.15, 0.2) is 201 Å². The van der Waals surface area contributed by atoms with Crippen LogP contribution in [0, 0.1) is 67.1 Å². The molecule has 448 valence electrons. The predicted octanol–water partition coefficient (Wildman–Crippen LogP) is 20.5. The maximum Gasteiger partial charge on any atom is 0.212 e. The van der Waals surface area contributed by atoms with Crippen LogP contribution in [-0.4, -0.2) is 0 Å². The predicted molar refractivity (Wildman–Crippen MR) is 366 cm³/mol. The van der Waals surface area contributed by atoms with Crippen molar-refractivity contribution in [3.8, 4) is 67.2 Å². The van der Waals surface area contributed by atoms with E-state index in [4.69, 9.17) is 4.11 Å². The third-order valence-corrected chi connectivity index (χ3v) is 22.5. The molecule has 3 nitrogen and oxygen atoms in total. The van der Waals surface area contributed by atoms with Crippen LogP contribution in [0.2, 0.25) is 0 Å². The van der Waals surface area contributed by atoms with E-state index in [0.29, 0.717) is 17.8 Å². The van der Waals surface area contributed by atoms with E-state index in [1.807, 2.05) is 12.1 Å². The molecule has 0 spiro atoms. The van der Waals surface area contributed by atoms with Gasteiger partial charge in [0, 0.05) is 55.7 Å². The number of hydrogen-bond acceptors (Lipinski definition) is 0. The Bertz CT molecular complexity index is 3980. The SMILES string of the molecule is C.C.Cc1ccccc1-c1ccc(-c2ccc(C3C4CCCC3C4)cc2)c[n+]1C.[2H]C([2H])(c1ccc(-c2ccc(-c3ccccc3C)[n+](C)c2)cc1)C1CC2CCC1(C)C2(C)C.[2H]C1(c2ccc(-c3ccc(-c4ccccc4C)[n+](C)c3)cc2)C2CCCC1C2. The minimum atomic E-state index is -1.31. The number of pyridine rings is 3. The van der Waals surface area contributed by atoms with Crippen molar-refractivity contribution in [2.24, 2.45) is 67.5 Å². The summed E-state index contributed by atoms with van der Waals surface area (Å²) in [5.41, 5.74) is 22.6. The van der Waals surface area contributed by atoms with Gasteiger partial charge in [-0.15, -0.1) is 0 Å². The van der Waals surface area contributed by atoms with Gasteiger partial charge in [0.25, 0.3) is 0 Å². The van der Waals surface area contributed by atoms with Gasteiger partial charge < -0.3 is 0 Å². The van der Waals surface area contributed by atoms with E-state index in [0.717, 1.165) is 47.3 Å². The topological polar surface area (TPSA) is 11.6 Å². The molecular weight excluding hydrogens is 1050 g/mol. The van der Waals surface area contributed by atoms with Crippen molar-refractivity contribution in [1.29, 1.82) is 0 Å². The van der Waals surface area contributed by atoms with E-state index >= 15 is 0 Å². The molecule has 0 amide bonds. The molecule has 9 aromatic rings. The lowest BCUT2D eigenvalue weighted by atomic mass is 9.55. The molecule has 15 rings (SSSR count). The third kappa shape index (κ3) is 11.9. The zero-order chi connectivity index (χ0) is 61.3. The summed E-state index contributed by atoms with van der Waals surface area (Å²) in [6.45, 7) is 13.6. The van der Waals surface area contributed by atoms with Gasteiger partial charge in [0.05, 0.1) is 0 Å². The largest absolute Gasteiger partial charge is 0.212 e. The zero-order valence-corrected chi connectivity index (χ0v) is 52.2. The molecule has 3 heterocycles. The van der Waals surface area contributed by atoms with Crippen LogP contribution >= 0.6 is 0 Å². The molecule has 6 fully saturated rings. The number of aromatic nitrogens is 3. The molecule has 0 aliphatic heterocycles. The maximum absolute atomic E-state index is 9.14. The van der Waals surface area contributed by atoms with Crippen molar-refractivity contribution in [3.63, 3.8) is 0 Å². The molecule has 0 N–H and O–H groups in total. The quantitative estimate of drug-likeness (QED) is 0.121. The molecular formula is C84H100N3+3. The Hall–Kier alpha value is -7.23. The average Bonchev–Trinajstić information content (AvgIpc) is 1.41. The van der Waals surface area contributed by atoms with Crippen LogP contribution in [0.5, 0.6) is 0 Å². The summed E-state index contributed by atoms with van der Waals surface area (Å²) in [4.78, 5) is 0. The van der Waals surface area contributed by atoms with Crippen LogP contribution in [0.4, 0.5) is 0 Å². The zero-order valence-electron chi connectivity index (χ0n) is 55.2. The van der Waals surface area contributed by atoms with Gasteiger partial charge in [-0.2, -0.15) is 0 Å². The first-order valence-corrected chi connectivity index (χ1v) is 32.3. The molecule has 3 heteroatoms. The molecule has 6 aliphatic carbocycles. The van der Waals surface area contributed by atoms with E-state index in [2.05, 4.69) is 265 Å². The highest BCUT2D eigenvalue weighted by Gasteiger charge is 2.60. The van der Waals surface area contributed by atoms with E-state index in [1.165, 1.54) is 136 Å². The number of nitrogens with zero attached hydrogens (tertiary/aromatic N) is 3. The molecule has 7 unspecified atom stereocenters. The molecule has 6 saturated carbocycles. The normalized spacial score (nSPS) is 25.6. The minimum absolute atomic E-state index is 0. The molecule has 6 aliphatic rings. The van der Waals surface area contributed by atoms with Crippen LogP contribution in [0.1, 0.15) is 156 Å². The summed E-state index contributed by atoms with van der Waals surface area (Å²) < 4.78 is 34.0. The number of aryl methyl sites for hydroxylation is 6. The van der Waals surface area contributed by atoms with Crippen molar-refractivity contribution in [2.75, 3.05) is 0 Å². The Morgan fingerprint density at radius 1 is 0.425 bits per heavy atom. The highest BCUT2D eigenvalue weighted by Crippen LogP contribution is 2.68. The molecule has 6 bridgehead atoms. The molecule has 0 radical (unpaired) electrons. The summed E-state index contributed by atoms with van der Waals surface area (Å²) in [6, 6.07) is 65.4. The summed E-state index contributed by atoms with van der Waals surface area (Å²) >= 11 is 0. The van der Waals surface area contributed by atoms with Crippen molar-refractivity contribution >= 4 is 0 Å². The van der Waals surface area contributed by atoms with E-state index in [-0.39, 0.29) is 37.5 Å². The highest BCUT2D eigenvalue weighted by molar-refractivity contribution is 5.69. The average molecular weight is 1150 g/mol. The molecule has 7 atom stereocenters. The van der Waals surface area contributed by atoms with E-state index in [1.54, 1.807) is 5.56 Å². The monoisotopic (exact) mass is 1150 g/mol. The lowest BCUT2D eigenvalue weighted by Crippen LogP contribution is -2.38. The number of benzene rings is 6. The Labute approximate surface area is 528 Å². The van der Waals surface area contributed by atoms with Crippen LogP contribution in [0.3, 0.4) is 0 Å². The van der Waals surface area contributed by atoms with Crippen LogP contribution in [-0.2, 0) is 27.5 Å². The number of hydrogen-bond donors (Lipinski definition) is 0. The first kappa shape index (κ1) is 57.5.